The van der Waals surface area contributed by atoms with Crippen LogP contribution in [-0.2, 0) is 6.42 Å². The van der Waals surface area contributed by atoms with Gasteiger partial charge in [-0.1, -0.05) is 6.07 Å². The van der Waals surface area contributed by atoms with Crippen LogP contribution < -0.4 is 5.73 Å². The van der Waals surface area contributed by atoms with E-state index in [2.05, 4.69) is 57.9 Å². The largest absolute Gasteiger partial charge is 0.324 e. The molecular formula is C15H17BrN2. The fraction of sp³-hybridized carbons (Fsp3) is 0.333. The minimum absolute atomic E-state index is 0.207. The van der Waals surface area contributed by atoms with E-state index in [9.17, 15) is 0 Å². The van der Waals surface area contributed by atoms with Crippen LogP contribution in [0, 0.1) is 6.92 Å². The van der Waals surface area contributed by atoms with Gasteiger partial charge in [-0.15, -0.1) is 0 Å². The lowest BCUT2D eigenvalue weighted by molar-refractivity contribution is 0.560. The Balaban J connectivity index is 2.15. The lowest BCUT2D eigenvalue weighted by atomic mass is 9.93. The van der Waals surface area contributed by atoms with Gasteiger partial charge in [0.05, 0.1) is 5.69 Å². The van der Waals surface area contributed by atoms with E-state index in [-0.39, 0.29) is 6.04 Å². The predicted octanol–water partition coefficient (Wildman–Crippen LogP) is 3.88. The Kier molecular flexibility index (Phi) is 3.04. The lowest BCUT2D eigenvalue weighted by Crippen LogP contribution is -2.17. The van der Waals surface area contributed by atoms with Crippen LogP contribution in [0.3, 0.4) is 0 Å². The number of nitrogens with two attached hydrogens (primary N) is 1. The Bertz CT molecular complexity index is 586. The minimum atomic E-state index is 0.207. The molecule has 0 amide bonds. The summed E-state index contributed by atoms with van der Waals surface area (Å²) in [7, 11) is 0. The Labute approximate surface area is 116 Å². The second-order valence-electron chi connectivity index (χ2n) is 5.04. The van der Waals surface area contributed by atoms with E-state index in [1.807, 2.05) is 0 Å². The number of nitrogens with zero attached hydrogens (tertiary/aromatic N) is 1. The van der Waals surface area contributed by atoms with Crippen LogP contribution in [0.1, 0.15) is 35.7 Å². The maximum absolute atomic E-state index is 6.18. The van der Waals surface area contributed by atoms with E-state index in [1.54, 1.807) is 0 Å². The van der Waals surface area contributed by atoms with Crippen molar-refractivity contribution in [2.75, 3.05) is 0 Å². The molecule has 0 radical (unpaired) electrons. The number of aromatic nitrogens is 1. The standard InChI is InChI=1S/C15H17BrN2/c1-10-5-6-12(16)15(9-10)18-8-7-11-13(17)3-2-4-14(11)18/h5-9,13H,2-4,17H2,1H3. The quantitative estimate of drug-likeness (QED) is 0.851. The van der Waals surface area contributed by atoms with E-state index >= 15 is 0 Å². The Hall–Kier alpha value is -1.06. The maximum Gasteiger partial charge on any atom is 0.0597 e. The molecule has 1 aromatic heterocycles. The van der Waals surface area contributed by atoms with Crippen LogP contribution in [0.15, 0.2) is 34.9 Å². The van der Waals surface area contributed by atoms with Gasteiger partial charge in [-0.25, -0.2) is 0 Å². The first kappa shape index (κ1) is 12.0. The second-order valence-corrected chi connectivity index (χ2v) is 5.90. The molecule has 18 heavy (non-hydrogen) atoms. The molecule has 3 rings (SSSR count). The van der Waals surface area contributed by atoms with Crippen LogP contribution in [0.5, 0.6) is 0 Å². The normalized spacial score (nSPS) is 18.7. The third kappa shape index (κ3) is 1.91. The number of hydrogen-bond donors (Lipinski definition) is 1. The average molecular weight is 305 g/mol. The van der Waals surface area contributed by atoms with E-state index in [0.29, 0.717) is 0 Å². The summed E-state index contributed by atoms with van der Waals surface area (Å²) in [5.41, 5.74) is 11.4. The minimum Gasteiger partial charge on any atom is -0.324 e. The summed E-state index contributed by atoms with van der Waals surface area (Å²) < 4.78 is 3.41. The van der Waals surface area contributed by atoms with Gasteiger partial charge in [0.1, 0.15) is 0 Å². The lowest BCUT2D eigenvalue weighted by Gasteiger charge is -2.21. The summed E-state index contributed by atoms with van der Waals surface area (Å²) in [6.45, 7) is 2.12. The molecule has 0 bridgehead atoms. The van der Waals surface area contributed by atoms with Gasteiger partial charge in [-0.05, 0) is 71.4 Å². The van der Waals surface area contributed by atoms with Gasteiger partial charge in [0.25, 0.3) is 0 Å². The monoisotopic (exact) mass is 304 g/mol. The number of fused-ring (bicyclic) bond motifs is 1. The van der Waals surface area contributed by atoms with E-state index < -0.39 is 0 Å². The van der Waals surface area contributed by atoms with Crippen LogP contribution in [-0.4, -0.2) is 4.57 Å². The van der Waals surface area contributed by atoms with Crippen molar-refractivity contribution in [2.24, 2.45) is 5.73 Å². The summed E-state index contributed by atoms with van der Waals surface area (Å²) >= 11 is 3.64. The van der Waals surface area contributed by atoms with E-state index in [0.717, 1.165) is 17.3 Å². The highest BCUT2D eigenvalue weighted by Gasteiger charge is 2.21. The van der Waals surface area contributed by atoms with Crippen molar-refractivity contribution in [3.05, 3.63) is 51.8 Å². The zero-order chi connectivity index (χ0) is 12.7. The molecule has 2 N–H and O–H groups in total. The third-order valence-corrected chi connectivity index (χ3v) is 4.39. The van der Waals surface area contributed by atoms with Crippen molar-refractivity contribution in [2.45, 2.75) is 32.2 Å². The van der Waals surface area contributed by atoms with Gasteiger partial charge in [-0.2, -0.15) is 0 Å². The highest BCUT2D eigenvalue weighted by molar-refractivity contribution is 9.10. The molecule has 1 atom stereocenters. The molecular weight excluding hydrogens is 288 g/mol. The summed E-state index contributed by atoms with van der Waals surface area (Å²) in [5.74, 6) is 0. The van der Waals surface area contributed by atoms with Gasteiger partial charge >= 0.3 is 0 Å². The zero-order valence-corrected chi connectivity index (χ0v) is 12.1. The van der Waals surface area contributed by atoms with Crippen LogP contribution in [0.25, 0.3) is 5.69 Å². The van der Waals surface area contributed by atoms with Gasteiger partial charge in [0.2, 0.25) is 0 Å². The van der Waals surface area contributed by atoms with Crippen molar-refractivity contribution in [1.29, 1.82) is 0 Å². The molecule has 3 heteroatoms. The first-order valence-corrected chi connectivity index (χ1v) is 7.18. The average Bonchev–Trinajstić information content (AvgIpc) is 2.77. The number of aryl methyl sites for hydroxylation is 1. The SMILES string of the molecule is Cc1ccc(Br)c(-n2ccc3c2CCCC3N)c1. The van der Waals surface area contributed by atoms with Crippen molar-refractivity contribution in [3.8, 4) is 5.69 Å². The summed E-state index contributed by atoms with van der Waals surface area (Å²) in [5, 5.41) is 0. The number of benzene rings is 1. The highest BCUT2D eigenvalue weighted by atomic mass is 79.9. The molecule has 1 aliphatic rings. The first-order chi connectivity index (χ1) is 8.66. The second kappa shape index (κ2) is 4.56. The molecule has 1 aromatic carbocycles. The van der Waals surface area contributed by atoms with Crippen molar-refractivity contribution < 1.29 is 0 Å². The first-order valence-electron chi connectivity index (χ1n) is 6.39. The fourth-order valence-electron chi connectivity index (χ4n) is 2.76. The smallest absolute Gasteiger partial charge is 0.0597 e. The summed E-state index contributed by atoms with van der Waals surface area (Å²) in [6, 6.07) is 8.83. The Morgan fingerprint density at radius 1 is 1.33 bits per heavy atom. The topological polar surface area (TPSA) is 30.9 Å². The van der Waals surface area contributed by atoms with Crippen molar-refractivity contribution in [3.63, 3.8) is 0 Å². The Morgan fingerprint density at radius 2 is 2.17 bits per heavy atom. The summed E-state index contributed by atoms with van der Waals surface area (Å²) in [6.07, 6.45) is 5.55. The molecule has 0 saturated heterocycles. The molecule has 1 heterocycles. The molecule has 0 aliphatic heterocycles. The third-order valence-electron chi connectivity index (χ3n) is 3.72. The molecule has 94 valence electrons. The molecule has 2 aromatic rings. The van der Waals surface area contributed by atoms with Gasteiger partial charge < -0.3 is 10.3 Å². The van der Waals surface area contributed by atoms with Gasteiger partial charge in [0.15, 0.2) is 0 Å². The van der Waals surface area contributed by atoms with Crippen LogP contribution in [0.2, 0.25) is 0 Å². The molecule has 1 unspecified atom stereocenters. The van der Waals surface area contributed by atoms with Crippen molar-refractivity contribution >= 4 is 15.9 Å². The van der Waals surface area contributed by atoms with E-state index in [4.69, 9.17) is 5.73 Å². The zero-order valence-electron chi connectivity index (χ0n) is 10.5. The number of halogens is 1. The Morgan fingerprint density at radius 3 is 3.00 bits per heavy atom. The molecule has 0 fully saturated rings. The number of hydrogen-bond acceptors (Lipinski definition) is 1. The fourth-order valence-corrected chi connectivity index (χ4v) is 3.20. The van der Waals surface area contributed by atoms with Gasteiger partial charge in [0, 0.05) is 22.4 Å². The molecule has 0 spiro atoms. The van der Waals surface area contributed by atoms with Crippen molar-refractivity contribution in [1.82, 2.24) is 4.57 Å². The molecule has 0 saturated carbocycles. The highest BCUT2D eigenvalue weighted by Crippen LogP contribution is 2.32. The molecule has 1 aliphatic carbocycles. The van der Waals surface area contributed by atoms with Gasteiger partial charge in [-0.3, -0.25) is 0 Å². The maximum atomic E-state index is 6.18. The number of rotatable bonds is 1. The predicted molar refractivity (Wildman–Crippen MR) is 78.1 cm³/mol. The van der Waals surface area contributed by atoms with Crippen LogP contribution >= 0.6 is 15.9 Å². The summed E-state index contributed by atoms with van der Waals surface area (Å²) in [4.78, 5) is 0. The molecule has 2 nitrogen and oxygen atoms in total. The van der Waals surface area contributed by atoms with E-state index in [1.165, 1.54) is 28.9 Å². The van der Waals surface area contributed by atoms with Crippen LogP contribution in [0.4, 0.5) is 0 Å².